The van der Waals surface area contributed by atoms with Gasteiger partial charge in [-0.25, -0.2) is 4.79 Å². The van der Waals surface area contributed by atoms with Crippen LogP contribution in [0.3, 0.4) is 0 Å². The summed E-state index contributed by atoms with van der Waals surface area (Å²) in [6.07, 6.45) is -0.183. The van der Waals surface area contributed by atoms with Crippen LogP contribution in [0.25, 0.3) is 0 Å². The fourth-order valence-electron chi connectivity index (χ4n) is 1.97. The van der Waals surface area contributed by atoms with Crippen LogP contribution in [-0.4, -0.2) is 39.7 Å². The highest BCUT2D eigenvalue weighted by atomic mass is 16.4. The average molecular weight is 357 g/mol. The van der Waals surface area contributed by atoms with Crippen molar-refractivity contribution >= 4 is 29.2 Å². The van der Waals surface area contributed by atoms with Crippen LogP contribution < -0.4 is 5.32 Å². The molecule has 0 atom stereocenters. The summed E-state index contributed by atoms with van der Waals surface area (Å²) in [4.78, 5) is 33.4. The maximum atomic E-state index is 11.9. The first-order valence-corrected chi connectivity index (χ1v) is 7.45. The highest BCUT2D eigenvalue weighted by Gasteiger charge is 2.10. The number of nitrogens with one attached hydrogen (secondary N) is 1. The maximum absolute atomic E-state index is 11.9. The van der Waals surface area contributed by atoms with Gasteiger partial charge in [-0.1, -0.05) is 6.07 Å². The Kier molecular flexibility index (Phi) is 5.99. The summed E-state index contributed by atoms with van der Waals surface area (Å²) in [7, 11) is 0. The van der Waals surface area contributed by atoms with Gasteiger partial charge in [0.1, 0.15) is 11.3 Å². The number of azo groups is 1. The van der Waals surface area contributed by atoms with Gasteiger partial charge in [0.25, 0.3) is 5.91 Å². The number of hydrogen-bond donors (Lipinski definition) is 4. The third-order valence-electron chi connectivity index (χ3n) is 3.22. The van der Waals surface area contributed by atoms with Crippen LogP contribution in [0.15, 0.2) is 52.7 Å². The molecule has 0 aliphatic rings. The summed E-state index contributed by atoms with van der Waals surface area (Å²) in [5.74, 6) is -3.13. The minimum Gasteiger partial charge on any atom is -0.507 e. The molecule has 0 bridgehead atoms. The fourth-order valence-corrected chi connectivity index (χ4v) is 1.97. The van der Waals surface area contributed by atoms with Crippen molar-refractivity contribution in [2.24, 2.45) is 10.2 Å². The molecule has 9 nitrogen and oxygen atoms in total. The van der Waals surface area contributed by atoms with E-state index in [2.05, 4.69) is 15.5 Å². The third-order valence-corrected chi connectivity index (χ3v) is 3.22. The van der Waals surface area contributed by atoms with E-state index in [1.54, 1.807) is 12.1 Å². The molecule has 0 saturated carbocycles. The molecule has 4 N–H and O–H groups in total. The molecule has 2 rings (SSSR count). The Labute approximate surface area is 147 Å². The number of hydrogen-bond acceptors (Lipinski definition) is 6. The van der Waals surface area contributed by atoms with E-state index in [0.717, 1.165) is 0 Å². The number of aromatic hydroxyl groups is 1. The van der Waals surface area contributed by atoms with Gasteiger partial charge in [-0.3, -0.25) is 9.59 Å². The van der Waals surface area contributed by atoms with E-state index in [4.69, 9.17) is 10.2 Å². The molecule has 0 aromatic heterocycles. The van der Waals surface area contributed by atoms with E-state index >= 15 is 0 Å². The zero-order valence-electron chi connectivity index (χ0n) is 13.4. The topological polar surface area (TPSA) is 149 Å². The van der Waals surface area contributed by atoms with Gasteiger partial charge in [0.05, 0.1) is 17.8 Å². The van der Waals surface area contributed by atoms with Gasteiger partial charge in [0.15, 0.2) is 0 Å². The Hall–Kier alpha value is -3.75. The zero-order valence-corrected chi connectivity index (χ0v) is 13.4. The van der Waals surface area contributed by atoms with Crippen molar-refractivity contribution in [3.8, 4) is 5.75 Å². The summed E-state index contributed by atoms with van der Waals surface area (Å²) >= 11 is 0. The van der Waals surface area contributed by atoms with E-state index in [-0.39, 0.29) is 35.5 Å². The number of carboxylic acids is 2. The van der Waals surface area contributed by atoms with E-state index < -0.39 is 17.8 Å². The van der Waals surface area contributed by atoms with Crippen molar-refractivity contribution in [2.75, 3.05) is 6.54 Å². The molecule has 0 heterocycles. The molecule has 0 aliphatic heterocycles. The number of nitrogens with zero attached hydrogens (tertiary/aromatic N) is 2. The number of aliphatic carboxylic acids is 1. The van der Waals surface area contributed by atoms with E-state index in [1.807, 2.05) is 0 Å². The second-order valence-corrected chi connectivity index (χ2v) is 5.16. The molecule has 0 radical (unpaired) electrons. The van der Waals surface area contributed by atoms with Gasteiger partial charge in [-0.05, 0) is 36.4 Å². The molecule has 0 aliphatic carbocycles. The molecule has 26 heavy (non-hydrogen) atoms. The molecule has 2 aromatic rings. The maximum Gasteiger partial charge on any atom is 0.339 e. The van der Waals surface area contributed by atoms with Crippen LogP contribution in [0.5, 0.6) is 5.75 Å². The quantitative estimate of drug-likeness (QED) is 0.560. The number of carbonyl (C=O) groups excluding carboxylic acids is 1. The van der Waals surface area contributed by atoms with Crippen LogP contribution in [-0.2, 0) is 4.79 Å². The first-order chi connectivity index (χ1) is 12.4. The van der Waals surface area contributed by atoms with Gasteiger partial charge in [-0.15, -0.1) is 0 Å². The van der Waals surface area contributed by atoms with Crippen molar-refractivity contribution in [1.29, 1.82) is 0 Å². The minimum absolute atomic E-state index is 0.00534. The summed E-state index contributed by atoms with van der Waals surface area (Å²) < 4.78 is 0. The van der Waals surface area contributed by atoms with Gasteiger partial charge in [0.2, 0.25) is 0 Å². The molecule has 0 unspecified atom stereocenters. The Balaban J connectivity index is 2.12. The number of carbonyl (C=O) groups is 3. The lowest BCUT2D eigenvalue weighted by atomic mass is 10.2. The van der Waals surface area contributed by atoms with Gasteiger partial charge in [0, 0.05) is 12.1 Å². The van der Waals surface area contributed by atoms with Crippen molar-refractivity contribution in [1.82, 2.24) is 5.32 Å². The molecule has 2 aromatic carbocycles. The largest absolute Gasteiger partial charge is 0.507 e. The van der Waals surface area contributed by atoms with E-state index in [9.17, 15) is 19.5 Å². The minimum atomic E-state index is -1.29. The SMILES string of the molecule is O=C(O)CCNC(=O)c1cccc(/N=N\c2ccc(O)c(C(=O)O)c2)c1. The molecule has 9 heteroatoms. The van der Waals surface area contributed by atoms with Gasteiger partial charge >= 0.3 is 11.9 Å². The smallest absolute Gasteiger partial charge is 0.339 e. The van der Waals surface area contributed by atoms with Crippen LogP contribution in [0.1, 0.15) is 27.1 Å². The number of phenols is 1. The van der Waals surface area contributed by atoms with Crippen molar-refractivity contribution < 1.29 is 29.7 Å². The molecule has 1 amide bonds. The lowest BCUT2D eigenvalue weighted by Gasteiger charge is -2.04. The molecule has 0 spiro atoms. The highest BCUT2D eigenvalue weighted by Crippen LogP contribution is 2.25. The van der Waals surface area contributed by atoms with Gasteiger partial charge in [-0.2, -0.15) is 10.2 Å². The first-order valence-electron chi connectivity index (χ1n) is 7.45. The predicted octanol–water partition coefficient (Wildman–Crippen LogP) is 2.71. The molecular formula is C17H15N3O6. The van der Waals surface area contributed by atoms with Crippen LogP contribution in [0.2, 0.25) is 0 Å². The second-order valence-electron chi connectivity index (χ2n) is 5.16. The zero-order chi connectivity index (χ0) is 19.1. The summed E-state index contributed by atoms with van der Waals surface area (Å²) in [5, 5.41) is 37.3. The third kappa shape index (κ3) is 5.13. The molecule has 0 fully saturated rings. The fraction of sp³-hybridized carbons (Fsp3) is 0.118. The normalized spacial score (nSPS) is 10.6. The Morgan fingerprint density at radius 1 is 0.962 bits per heavy atom. The predicted molar refractivity (Wildman–Crippen MR) is 90.3 cm³/mol. The number of rotatable bonds is 7. The second kappa shape index (κ2) is 8.38. The van der Waals surface area contributed by atoms with Crippen LogP contribution >= 0.6 is 0 Å². The summed E-state index contributed by atoms with van der Waals surface area (Å²) in [6.45, 7) is 0.00534. The molecule has 0 saturated heterocycles. The molecular weight excluding hydrogens is 342 g/mol. The van der Waals surface area contributed by atoms with Crippen LogP contribution in [0.4, 0.5) is 11.4 Å². The van der Waals surface area contributed by atoms with E-state index in [0.29, 0.717) is 5.69 Å². The first kappa shape index (κ1) is 18.6. The van der Waals surface area contributed by atoms with Crippen molar-refractivity contribution in [3.63, 3.8) is 0 Å². The van der Waals surface area contributed by atoms with Crippen molar-refractivity contribution in [3.05, 3.63) is 53.6 Å². The Bertz CT molecular complexity index is 879. The summed E-state index contributed by atoms with van der Waals surface area (Å²) in [5.41, 5.74) is 0.550. The number of aromatic carboxylic acids is 1. The standard InChI is InChI=1S/C17H15N3O6/c21-14-5-4-12(9-13(14)17(25)26)20-19-11-3-1-2-10(8-11)16(24)18-7-6-15(22)23/h1-5,8-9,21H,6-7H2,(H,18,24)(H,22,23)(H,25,26)/b20-19-. The Morgan fingerprint density at radius 3 is 2.31 bits per heavy atom. The number of amides is 1. The van der Waals surface area contributed by atoms with Crippen molar-refractivity contribution in [2.45, 2.75) is 6.42 Å². The van der Waals surface area contributed by atoms with Crippen LogP contribution in [0, 0.1) is 0 Å². The Morgan fingerprint density at radius 2 is 1.65 bits per heavy atom. The monoisotopic (exact) mass is 357 g/mol. The van der Waals surface area contributed by atoms with Gasteiger partial charge < -0.3 is 20.6 Å². The lowest BCUT2D eigenvalue weighted by molar-refractivity contribution is -0.136. The summed E-state index contributed by atoms with van der Waals surface area (Å²) in [6, 6.07) is 9.94. The molecule has 134 valence electrons. The van der Waals surface area contributed by atoms with E-state index in [1.165, 1.54) is 30.3 Å². The highest BCUT2D eigenvalue weighted by molar-refractivity contribution is 5.95. The lowest BCUT2D eigenvalue weighted by Crippen LogP contribution is -2.25. The number of benzene rings is 2. The number of carboxylic acid groups (broad SMARTS) is 2. The average Bonchev–Trinajstić information content (AvgIpc) is 2.60.